The van der Waals surface area contributed by atoms with Gasteiger partial charge in [-0.2, -0.15) is 0 Å². The van der Waals surface area contributed by atoms with E-state index in [1.807, 2.05) is 36.4 Å². The SMILES string of the molecule is O=C(OC1(Cc2ccccc2)CCCCC1)c1ccccc1C(=O)OC1(Cc2ccccc2)CCCCC1. The van der Waals surface area contributed by atoms with Gasteiger partial charge in [-0.3, -0.25) is 0 Å². The van der Waals surface area contributed by atoms with Crippen molar-refractivity contribution in [1.29, 1.82) is 0 Å². The number of benzene rings is 3. The second-order valence-electron chi connectivity index (χ2n) is 11.1. The topological polar surface area (TPSA) is 52.6 Å². The average molecular weight is 511 g/mol. The van der Waals surface area contributed by atoms with Gasteiger partial charge < -0.3 is 9.47 Å². The molecule has 3 aromatic carbocycles. The zero-order valence-corrected chi connectivity index (χ0v) is 22.2. The minimum absolute atomic E-state index is 0.293. The van der Waals surface area contributed by atoms with Crippen LogP contribution in [0.3, 0.4) is 0 Å². The molecule has 0 amide bonds. The van der Waals surface area contributed by atoms with Gasteiger partial charge in [-0.1, -0.05) is 85.6 Å². The van der Waals surface area contributed by atoms with Crippen LogP contribution in [-0.2, 0) is 22.3 Å². The van der Waals surface area contributed by atoms with E-state index in [2.05, 4.69) is 24.3 Å². The summed E-state index contributed by atoms with van der Waals surface area (Å²) in [5.74, 6) is -0.868. The molecule has 0 aliphatic heterocycles. The van der Waals surface area contributed by atoms with Crippen LogP contribution < -0.4 is 0 Å². The largest absolute Gasteiger partial charge is 0.455 e. The maximum Gasteiger partial charge on any atom is 0.339 e. The smallest absolute Gasteiger partial charge is 0.339 e. The van der Waals surface area contributed by atoms with Crippen LogP contribution in [0.25, 0.3) is 0 Å². The summed E-state index contributed by atoms with van der Waals surface area (Å²) in [4.78, 5) is 27.3. The molecule has 2 saturated carbocycles. The van der Waals surface area contributed by atoms with Crippen LogP contribution >= 0.6 is 0 Å². The highest BCUT2D eigenvalue weighted by Crippen LogP contribution is 2.37. The van der Waals surface area contributed by atoms with Crippen LogP contribution in [0.2, 0.25) is 0 Å². The fourth-order valence-electron chi connectivity index (χ4n) is 6.30. The molecule has 2 aliphatic rings. The molecule has 0 saturated heterocycles. The van der Waals surface area contributed by atoms with Gasteiger partial charge in [-0.15, -0.1) is 0 Å². The Morgan fingerprint density at radius 1 is 0.500 bits per heavy atom. The Balaban J connectivity index is 1.37. The van der Waals surface area contributed by atoms with Crippen molar-refractivity contribution in [1.82, 2.24) is 0 Å². The molecule has 3 aromatic rings. The lowest BCUT2D eigenvalue weighted by Crippen LogP contribution is -2.41. The fraction of sp³-hybridized carbons (Fsp3) is 0.412. The molecule has 0 N–H and O–H groups in total. The highest BCUT2D eigenvalue weighted by Gasteiger charge is 2.39. The Morgan fingerprint density at radius 2 is 0.842 bits per heavy atom. The van der Waals surface area contributed by atoms with Gasteiger partial charge in [0.05, 0.1) is 11.1 Å². The first-order chi connectivity index (χ1) is 18.6. The van der Waals surface area contributed by atoms with Crippen molar-refractivity contribution >= 4 is 11.9 Å². The normalized spacial score (nSPS) is 18.3. The third kappa shape index (κ3) is 6.35. The zero-order valence-electron chi connectivity index (χ0n) is 22.2. The molecular weight excluding hydrogens is 472 g/mol. The van der Waals surface area contributed by atoms with Gasteiger partial charge in [0.25, 0.3) is 0 Å². The van der Waals surface area contributed by atoms with Gasteiger partial charge in [-0.05, 0) is 74.6 Å². The summed E-state index contributed by atoms with van der Waals surface area (Å²) in [6.45, 7) is 0. The average Bonchev–Trinajstić information content (AvgIpc) is 2.95. The van der Waals surface area contributed by atoms with Crippen LogP contribution in [0.4, 0.5) is 0 Å². The number of ether oxygens (including phenoxy) is 2. The molecule has 0 aromatic heterocycles. The van der Waals surface area contributed by atoms with E-state index in [1.54, 1.807) is 24.3 Å². The minimum atomic E-state index is -0.550. The van der Waals surface area contributed by atoms with Crippen LogP contribution in [0.1, 0.15) is 96.1 Å². The Hall–Kier alpha value is -3.40. The number of esters is 2. The Morgan fingerprint density at radius 3 is 1.21 bits per heavy atom. The predicted octanol–water partition coefficient (Wildman–Crippen LogP) is 7.89. The van der Waals surface area contributed by atoms with Crippen molar-refractivity contribution in [3.05, 3.63) is 107 Å². The van der Waals surface area contributed by atoms with Crippen LogP contribution in [0.5, 0.6) is 0 Å². The third-order valence-corrected chi connectivity index (χ3v) is 8.25. The molecule has 0 spiro atoms. The monoisotopic (exact) mass is 510 g/mol. The Bertz CT molecular complexity index is 1110. The lowest BCUT2D eigenvalue weighted by molar-refractivity contribution is -0.0414. The highest BCUT2D eigenvalue weighted by molar-refractivity contribution is 6.03. The molecule has 0 radical (unpaired) electrons. The summed E-state index contributed by atoms with van der Waals surface area (Å²) in [6.07, 6.45) is 11.1. The first-order valence-corrected chi connectivity index (χ1v) is 14.2. The molecule has 4 nitrogen and oxygen atoms in total. The van der Waals surface area contributed by atoms with Crippen molar-refractivity contribution in [3.8, 4) is 0 Å². The summed E-state index contributed by atoms with van der Waals surface area (Å²) in [7, 11) is 0. The van der Waals surface area contributed by atoms with Gasteiger partial charge in [-0.25, -0.2) is 9.59 Å². The summed E-state index contributed by atoms with van der Waals surface area (Å²) >= 11 is 0. The summed E-state index contributed by atoms with van der Waals surface area (Å²) in [6, 6.07) is 27.4. The van der Waals surface area contributed by atoms with E-state index >= 15 is 0 Å². The van der Waals surface area contributed by atoms with Gasteiger partial charge in [0.15, 0.2) is 0 Å². The second-order valence-corrected chi connectivity index (χ2v) is 11.1. The van der Waals surface area contributed by atoms with Gasteiger partial charge in [0, 0.05) is 12.8 Å². The quantitative estimate of drug-likeness (QED) is 0.289. The van der Waals surface area contributed by atoms with Crippen molar-refractivity contribution in [2.45, 2.75) is 88.3 Å². The van der Waals surface area contributed by atoms with E-state index in [-0.39, 0.29) is 0 Å². The van der Waals surface area contributed by atoms with Gasteiger partial charge in [0.2, 0.25) is 0 Å². The highest BCUT2D eigenvalue weighted by atomic mass is 16.6. The first-order valence-electron chi connectivity index (χ1n) is 14.2. The van der Waals surface area contributed by atoms with Crippen molar-refractivity contribution in [2.75, 3.05) is 0 Å². The van der Waals surface area contributed by atoms with Crippen LogP contribution in [0, 0.1) is 0 Å². The van der Waals surface area contributed by atoms with E-state index in [0.717, 1.165) is 75.3 Å². The maximum absolute atomic E-state index is 13.7. The fourth-order valence-corrected chi connectivity index (χ4v) is 6.30. The van der Waals surface area contributed by atoms with Gasteiger partial charge in [0.1, 0.15) is 11.2 Å². The second kappa shape index (κ2) is 12.0. The van der Waals surface area contributed by atoms with E-state index in [0.29, 0.717) is 24.0 Å². The number of rotatable bonds is 8. The molecule has 5 rings (SSSR count). The molecule has 0 bridgehead atoms. The van der Waals surface area contributed by atoms with Crippen LogP contribution in [0.15, 0.2) is 84.9 Å². The Kier molecular flexibility index (Phi) is 8.26. The molecular formula is C34H38O4. The molecule has 38 heavy (non-hydrogen) atoms. The van der Waals surface area contributed by atoms with Crippen molar-refractivity contribution in [2.24, 2.45) is 0 Å². The molecule has 0 heterocycles. The van der Waals surface area contributed by atoms with Crippen LogP contribution in [-0.4, -0.2) is 23.1 Å². The molecule has 0 unspecified atom stereocenters. The molecule has 198 valence electrons. The van der Waals surface area contributed by atoms with E-state index < -0.39 is 23.1 Å². The third-order valence-electron chi connectivity index (χ3n) is 8.25. The summed E-state index contributed by atoms with van der Waals surface area (Å²) < 4.78 is 12.6. The van der Waals surface area contributed by atoms with E-state index in [9.17, 15) is 9.59 Å². The number of carbonyl (C=O) groups excluding carboxylic acids is 2. The zero-order chi connectivity index (χ0) is 26.3. The molecule has 0 atom stereocenters. The molecule has 2 fully saturated rings. The van der Waals surface area contributed by atoms with Gasteiger partial charge >= 0.3 is 11.9 Å². The molecule has 2 aliphatic carbocycles. The summed E-state index contributed by atoms with van der Waals surface area (Å²) in [5.41, 5.74) is 1.81. The minimum Gasteiger partial charge on any atom is -0.455 e. The molecule has 4 heteroatoms. The number of hydrogen-bond acceptors (Lipinski definition) is 4. The van der Waals surface area contributed by atoms with E-state index in [1.165, 1.54) is 0 Å². The Labute approximate surface area is 226 Å². The van der Waals surface area contributed by atoms with E-state index in [4.69, 9.17) is 9.47 Å². The summed E-state index contributed by atoms with van der Waals surface area (Å²) in [5, 5.41) is 0. The standard InChI is InChI=1S/C34H38O4/c35-31(37-33(21-11-3-12-22-33)25-27-15-5-1-6-16-27)29-19-9-10-20-30(29)32(36)38-34(23-13-4-14-24-34)26-28-17-7-2-8-18-28/h1-2,5-10,15-20H,3-4,11-14,21-26H2. The lowest BCUT2D eigenvalue weighted by atomic mass is 9.80. The predicted molar refractivity (Wildman–Crippen MR) is 149 cm³/mol. The first kappa shape index (κ1) is 26.2. The number of carbonyl (C=O) groups is 2. The van der Waals surface area contributed by atoms with Crippen molar-refractivity contribution in [3.63, 3.8) is 0 Å². The maximum atomic E-state index is 13.7. The van der Waals surface area contributed by atoms with Crippen molar-refractivity contribution < 1.29 is 19.1 Å². The lowest BCUT2D eigenvalue weighted by Gasteiger charge is -2.38. The number of hydrogen-bond donors (Lipinski definition) is 0.